The lowest BCUT2D eigenvalue weighted by molar-refractivity contribution is 0.194. The van der Waals surface area contributed by atoms with E-state index in [1.54, 1.807) is 13.3 Å². The van der Waals surface area contributed by atoms with Gasteiger partial charge >= 0.3 is 0 Å². The Morgan fingerprint density at radius 2 is 2.32 bits per heavy atom. The summed E-state index contributed by atoms with van der Waals surface area (Å²) in [4.78, 5) is 8.43. The second kappa shape index (κ2) is 7.09. The Morgan fingerprint density at radius 1 is 1.36 bits per heavy atom. The van der Waals surface area contributed by atoms with Crippen LogP contribution in [0.4, 0.5) is 5.69 Å². The first-order valence-corrected chi connectivity index (χ1v) is 7.40. The molecule has 0 bridgehead atoms. The second-order valence-electron chi connectivity index (χ2n) is 5.14. The van der Waals surface area contributed by atoms with Gasteiger partial charge in [0.1, 0.15) is 6.10 Å². The van der Waals surface area contributed by atoms with Crippen LogP contribution in [0.3, 0.4) is 0 Å². The number of hydrogen-bond acceptors (Lipinski definition) is 6. The fourth-order valence-corrected chi connectivity index (χ4v) is 2.33. The largest absolute Gasteiger partial charge is 0.481 e. The van der Waals surface area contributed by atoms with Gasteiger partial charge in [0.25, 0.3) is 0 Å². The maximum Gasteiger partial charge on any atom is 0.237 e. The summed E-state index contributed by atoms with van der Waals surface area (Å²) in [5.74, 6) is 1.32. The molecule has 0 saturated carbocycles. The molecule has 0 aliphatic carbocycles. The Kier molecular flexibility index (Phi) is 4.70. The number of hydrogen-bond donors (Lipinski definition) is 2. The molecule has 0 aromatic carbocycles. The van der Waals surface area contributed by atoms with Crippen LogP contribution in [-0.4, -0.2) is 42.8 Å². The number of nitrogens with zero attached hydrogens (tertiary/aromatic N) is 2. The first kappa shape index (κ1) is 14.6. The summed E-state index contributed by atoms with van der Waals surface area (Å²) in [6.45, 7) is 2.45. The van der Waals surface area contributed by atoms with Crippen molar-refractivity contribution < 1.29 is 9.47 Å². The van der Waals surface area contributed by atoms with Crippen LogP contribution in [0.2, 0.25) is 0 Å². The van der Waals surface area contributed by atoms with Gasteiger partial charge in [-0.1, -0.05) is 6.07 Å². The van der Waals surface area contributed by atoms with Gasteiger partial charge in [-0.3, -0.25) is 0 Å². The number of aromatic nitrogens is 2. The van der Waals surface area contributed by atoms with Gasteiger partial charge in [-0.2, -0.15) is 0 Å². The van der Waals surface area contributed by atoms with Crippen molar-refractivity contribution in [1.82, 2.24) is 15.3 Å². The zero-order valence-corrected chi connectivity index (χ0v) is 12.6. The average Bonchev–Trinajstić information content (AvgIpc) is 2.59. The smallest absolute Gasteiger partial charge is 0.237 e. The maximum atomic E-state index is 5.85. The van der Waals surface area contributed by atoms with Gasteiger partial charge in [-0.15, -0.1) is 0 Å². The van der Waals surface area contributed by atoms with Gasteiger partial charge in [0.2, 0.25) is 11.8 Å². The van der Waals surface area contributed by atoms with Crippen LogP contribution in [0, 0.1) is 0 Å². The first-order chi connectivity index (χ1) is 10.8. The van der Waals surface area contributed by atoms with Crippen LogP contribution in [-0.2, 0) is 6.42 Å². The predicted molar refractivity (Wildman–Crippen MR) is 84.5 cm³/mol. The van der Waals surface area contributed by atoms with Crippen LogP contribution in [0.1, 0.15) is 5.56 Å². The summed E-state index contributed by atoms with van der Waals surface area (Å²) in [7, 11) is 1.62. The summed E-state index contributed by atoms with van der Waals surface area (Å²) >= 11 is 0. The van der Waals surface area contributed by atoms with Crippen molar-refractivity contribution in [2.75, 3.05) is 32.1 Å². The summed E-state index contributed by atoms with van der Waals surface area (Å²) in [6, 6.07) is 7.79. The van der Waals surface area contributed by atoms with Gasteiger partial charge < -0.3 is 20.1 Å². The zero-order valence-electron chi connectivity index (χ0n) is 12.6. The van der Waals surface area contributed by atoms with E-state index in [0.29, 0.717) is 11.8 Å². The fraction of sp³-hybridized carbons (Fsp3) is 0.375. The quantitative estimate of drug-likeness (QED) is 0.788. The molecular weight excluding hydrogens is 280 g/mol. The average molecular weight is 300 g/mol. The highest BCUT2D eigenvalue weighted by molar-refractivity contribution is 5.53. The third-order valence-corrected chi connectivity index (χ3v) is 3.54. The van der Waals surface area contributed by atoms with Crippen molar-refractivity contribution in [2.24, 2.45) is 0 Å². The maximum absolute atomic E-state index is 5.85. The molecule has 6 nitrogen and oxygen atoms in total. The molecule has 116 valence electrons. The van der Waals surface area contributed by atoms with Crippen LogP contribution in [0.15, 0.2) is 36.7 Å². The number of anilines is 1. The monoisotopic (exact) mass is 300 g/mol. The molecular formula is C16H20N4O2. The lowest BCUT2D eigenvalue weighted by Gasteiger charge is -2.26. The number of rotatable bonds is 6. The Balaban J connectivity index is 1.40. The second-order valence-corrected chi connectivity index (χ2v) is 5.14. The highest BCUT2D eigenvalue weighted by atomic mass is 16.5. The van der Waals surface area contributed by atoms with E-state index >= 15 is 0 Å². The number of methoxy groups -OCH3 is 1. The van der Waals surface area contributed by atoms with Crippen molar-refractivity contribution >= 4 is 5.69 Å². The van der Waals surface area contributed by atoms with E-state index < -0.39 is 0 Å². The molecule has 0 amide bonds. The van der Waals surface area contributed by atoms with Gasteiger partial charge in [0, 0.05) is 25.0 Å². The molecule has 1 unspecified atom stereocenters. The molecule has 0 saturated heterocycles. The summed E-state index contributed by atoms with van der Waals surface area (Å²) in [5, 5.41) is 6.74. The molecule has 2 N–H and O–H groups in total. The van der Waals surface area contributed by atoms with E-state index in [-0.39, 0.29) is 6.10 Å². The molecule has 2 aromatic heterocycles. The highest BCUT2D eigenvalue weighted by Crippen LogP contribution is 2.24. The topological polar surface area (TPSA) is 68.3 Å². The molecule has 0 radical (unpaired) electrons. The lowest BCUT2D eigenvalue weighted by atomic mass is 10.2. The van der Waals surface area contributed by atoms with Gasteiger partial charge in [-0.05, 0) is 30.7 Å². The van der Waals surface area contributed by atoms with Crippen LogP contribution >= 0.6 is 0 Å². The third kappa shape index (κ3) is 3.65. The third-order valence-electron chi connectivity index (χ3n) is 3.54. The van der Waals surface area contributed by atoms with Crippen LogP contribution in [0.25, 0.3) is 0 Å². The van der Waals surface area contributed by atoms with E-state index in [9.17, 15) is 0 Å². The molecule has 1 atom stereocenters. The minimum Gasteiger partial charge on any atom is -0.481 e. The summed E-state index contributed by atoms with van der Waals surface area (Å²) < 4.78 is 10.9. The Morgan fingerprint density at radius 3 is 3.14 bits per heavy atom. The van der Waals surface area contributed by atoms with Crippen LogP contribution in [0.5, 0.6) is 11.8 Å². The number of pyridine rings is 2. The Bertz CT molecular complexity index is 603. The van der Waals surface area contributed by atoms with Crippen molar-refractivity contribution in [1.29, 1.82) is 0 Å². The lowest BCUT2D eigenvalue weighted by Crippen LogP contribution is -2.40. The van der Waals surface area contributed by atoms with Gasteiger partial charge in [0.05, 0.1) is 19.3 Å². The van der Waals surface area contributed by atoms with E-state index in [4.69, 9.17) is 9.47 Å². The SMILES string of the molecule is COc1ccc(CCNCC2CNc3cccnc3O2)cn1. The molecule has 6 heteroatoms. The summed E-state index contributed by atoms with van der Waals surface area (Å²) in [6.07, 6.45) is 4.61. The van der Waals surface area contributed by atoms with Gasteiger partial charge in [-0.25, -0.2) is 9.97 Å². The molecule has 2 aromatic rings. The van der Waals surface area contributed by atoms with Crippen LogP contribution < -0.4 is 20.1 Å². The molecule has 0 fully saturated rings. The molecule has 3 heterocycles. The Hall–Kier alpha value is -2.34. The number of fused-ring (bicyclic) bond motifs is 1. The number of ether oxygens (including phenoxy) is 2. The fourth-order valence-electron chi connectivity index (χ4n) is 2.33. The van der Waals surface area contributed by atoms with E-state index in [2.05, 4.69) is 20.6 Å². The molecule has 0 spiro atoms. The van der Waals surface area contributed by atoms with Crippen molar-refractivity contribution in [3.05, 3.63) is 42.2 Å². The van der Waals surface area contributed by atoms with E-state index in [1.807, 2.05) is 30.5 Å². The predicted octanol–water partition coefficient (Wildman–Crippen LogP) is 1.49. The van der Waals surface area contributed by atoms with Gasteiger partial charge in [0.15, 0.2) is 0 Å². The first-order valence-electron chi connectivity index (χ1n) is 7.40. The molecule has 1 aliphatic heterocycles. The zero-order chi connectivity index (χ0) is 15.2. The van der Waals surface area contributed by atoms with Crippen molar-refractivity contribution in [3.8, 4) is 11.8 Å². The molecule has 1 aliphatic rings. The van der Waals surface area contributed by atoms with E-state index in [1.165, 1.54) is 5.56 Å². The van der Waals surface area contributed by atoms with Crippen molar-refractivity contribution in [3.63, 3.8) is 0 Å². The minimum atomic E-state index is 0.0939. The van der Waals surface area contributed by atoms with Crippen molar-refractivity contribution in [2.45, 2.75) is 12.5 Å². The Labute approximate surface area is 129 Å². The minimum absolute atomic E-state index is 0.0939. The molecule has 22 heavy (non-hydrogen) atoms. The standard InChI is InChI=1S/C16H20N4O2/c1-21-15-5-4-12(9-20-15)6-8-17-10-13-11-19-14-3-2-7-18-16(14)22-13/h2-5,7,9,13,17,19H,6,8,10-11H2,1H3. The summed E-state index contributed by atoms with van der Waals surface area (Å²) in [5.41, 5.74) is 2.14. The normalized spacial score (nSPS) is 16.3. The molecule has 3 rings (SSSR count). The number of nitrogens with one attached hydrogen (secondary N) is 2. The highest BCUT2D eigenvalue weighted by Gasteiger charge is 2.19. The van der Waals surface area contributed by atoms with E-state index in [0.717, 1.165) is 31.7 Å².